The summed E-state index contributed by atoms with van der Waals surface area (Å²) < 4.78 is 14.0. The Morgan fingerprint density at radius 1 is 0.769 bits per heavy atom. The van der Waals surface area contributed by atoms with Gasteiger partial charge in [0.25, 0.3) is 5.60 Å². The maximum atomic E-state index is 14.4. The second-order valence-electron chi connectivity index (χ2n) is 11.3. The van der Waals surface area contributed by atoms with E-state index in [9.17, 15) is 9.59 Å². The average Bonchev–Trinajstić information content (AvgIpc) is 3.49. The summed E-state index contributed by atoms with van der Waals surface area (Å²) in [6.07, 6.45) is 6.62. The average molecular weight is 546 g/mol. The Kier molecular flexibility index (Phi) is 7.84. The van der Waals surface area contributed by atoms with E-state index < -0.39 is 17.5 Å². The largest absolute Gasteiger partial charge is 1.00 e. The number of aryl methyl sites for hydroxylation is 1. The maximum Gasteiger partial charge on any atom is 0.360 e. The van der Waals surface area contributed by atoms with Crippen LogP contribution in [0.1, 0.15) is 65.6 Å². The number of hydrogen-bond donors (Lipinski definition) is 0. The monoisotopic (exact) mass is 545 g/mol. The van der Waals surface area contributed by atoms with Crippen molar-refractivity contribution in [3.8, 4) is 0 Å². The van der Waals surface area contributed by atoms with Gasteiger partial charge in [-0.25, -0.2) is 9.59 Å². The van der Waals surface area contributed by atoms with Gasteiger partial charge in [0.15, 0.2) is 0 Å². The molecule has 3 saturated heterocycles. The molecule has 3 aromatic rings. The van der Waals surface area contributed by atoms with Crippen molar-refractivity contribution >= 4 is 11.9 Å². The van der Waals surface area contributed by atoms with Crippen LogP contribution in [-0.4, -0.2) is 47.7 Å². The highest BCUT2D eigenvalue weighted by Crippen LogP contribution is 2.47. The molecular weight excluding hydrogens is 510 g/mol. The van der Waals surface area contributed by atoms with E-state index in [0.29, 0.717) is 28.8 Å². The Labute approximate surface area is 237 Å². The number of halogens is 1. The molecule has 3 aliphatic rings. The van der Waals surface area contributed by atoms with Crippen molar-refractivity contribution in [2.24, 2.45) is 0 Å². The minimum absolute atomic E-state index is 0. The van der Waals surface area contributed by atoms with Crippen LogP contribution in [0, 0.1) is 6.92 Å². The van der Waals surface area contributed by atoms with Crippen LogP contribution in [0.5, 0.6) is 0 Å². The third-order valence-corrected chi connectivity index (χ3v) is 9.29. The van der Waals surface area contributed by atoms with Crippen molar-refractivity contribution in [2.75, 3.05) is 13.1 Å². The quantitative estimate of drug-likeness (QED) is 0.353. The van der Waals surface area contributed by atoms with E-state index in [0.717, 1.165) is 18.4 Å². The summed E-state index contributed by atoms with van der Waals surface area (Å²) in [4.78, 5) is 28.1. The van der Waals surface area contributed by atoms with E-state index in [2.05, 4.69) is 0 Å². The van der Waals surface area contributed by atoms with Crippen LogP contribution in [0.25, 0.3) is 0 Å². The van der Waals surface area contributed by atoms with Crippen LogP contribution in [0.15, 0.2) is 84.9 Å². The van der Waals surface area contributed by atoms with Crippen LogP contribution in [-0.2, 0) is 19.9 Å². The van der Waals surface area contributed by atoms with Gasteiger partial charge in [-0.05, 0) is 18.6 Å². The smallest absolute Gasteiger partial charge is 0.360 e. The SMILES string of the molecule is Cc1ccccc1C(=O)OC(C(=O)OC1CC2CCC(C1)[N+]21CCCC1)(c1ccccc1)c1ccccc1.[Cl-]. The molecule has 0 N–H and O–H groups in total. The molecule has 2 bridgehead atoms. The summed E-state index contributed by atoms with van der Waals surface area (Å²) in [5.74, 6) is -1.06. The number of esters is 2. The third kappa shape index (κ3) is 4.76. The number of piperidine rings is 1. The highest BCUT2D eigenvalue weighted by atomic mass is 35.5. The van der Waals surface area contributed by atoms with E-state index in [4.69, 9.17) is 9.47 Å². The summed E-state index contributed by atoms with van der Waals surface area (Å²) >= 11 is 0. The Hall–Kier alpha value is -3.15. The standard InChI is InChI=1S/C33H36NO4.ClH/c1-24-12-8-9-17-30(24)31(35)38-33(25-13-4-2-5-14-25,26-15-6-3-7-16-26)32(36)37-29-22-27-18-19-28(23-29)34(27)20-10-11-21-34;/h2-9,12-17,27-29H,10-11,18-23H2,1H3;1H/q+1;/p-1. The van der Waals surface area contributed by atoms with E-state index >= 15 is 0 Å². The number of carbonyl (C=O) groups is 2. The summed E-state index contributed by atoms with van der Waals surface area (Å²) in [7, 11) is 0. The number of carbonyl (C=O) groups excluding carboxylic acids is 2. The molecule has 2 atom stereocenters. The van der Waals surface area contributed by atoms with Crippen LogP contribution in [0.4, 0.5) is 0 Å². The number of benzene rings is 3. The first-order valence-corrected chi connectivity index (χ1v) is 14.0. The van der Waals surface area contributed by atoms with E-state index in [1.54, 1.807) is 6.07 Å². The van der Waals surface area contributed by atoms with Gasteiger partial charge in [0.2, 0.25) is 0 Å². The molecule has 1 spiro atoms. The van der Waals surface area contributed by atoms with Gasteiger partial charge >= 0.3 is 11.9 Å². The molecule has 6 rings (SSSR count). The molecule has 204 valence electrons. The van der Waals surface area contributed by atoms with Gasteiger partial charge in [0.1, 0.15) is 6.10 Å². The molecule has 3 fully saturated rings. The summed E-state index contributed by atoms with van der Waals surface area (Å²) in [5.41, 5.74) is 0.690. The first-order valence-electron chi connectivity index (χ1n) is 14.0. The molecule has 0 radical (unpaired) electrons. The fourth-order valence-corrected chi connectivity index (χ4v) is 7.44. The molecule has 3 aliphatic heterocycles. The topological polar surface area (TPSA) is 52.6 Å². The van der Waals surface area contributed by atoms with Gasteiger partial charge in [0, 0.05) is 49.7 Å². The van der Waals surface area contributed by atoms with E-state index in [1.807, 2.05) is 85.8 Å². The number of rotatable bonds is 6. The molecule has 39 heavy (non-hydrogen) atoms. The predicted octanol–water partition coefficient (Wildman–Crippen LogP) is 2.95. The van der Waals surface area contributed by atoms with Gasteiger partial charge in [0.05, 0.1) is 30.7 Å². The summed E-state index contributed by atoms with van der Waals surface area (Å²) in [6, 6.07) is 27.0. The summed E-state index contributed by atoms with van der Waals surface area (Å²) in [5, 5.41) is 0. The Morgan fingerprint density at radius 3 is 1.82 bits per heavy atom. The molecule has 0 aliphatic carbocycles. The van der Waals surface area contributed by atoms with Gasteiger partial charge in [-0.3, -0.25) is 0 Å². The lowest BCUT2D eigenvalue weighted by molar-refractivity contribution is -0.956. The fraction of sp³-hybridized carbons (Fsp3) is 0.394. The molecule has 6 heteroatoms. The van der Waals surface area contributed by atoms with E-state index in [-0.39, 0.29) is 18.5 Å². The van der Waals surface area contributed by atoms with Gasteiger partial charge in [-0.2, -0.15) is 0 Å². The van der Waals surface area contributed by atoms with Crippen LogP contribution in [0.2, 0.25) is 0 Å². The van der Waals surface area contributed by atoms with Crippen molar-refractivity contribution in [3.63, 3.8) is 0 Å². The second-order valence-corrected chi connectivity index (χ2v) is 11.3. The van der Waals surface area contributed by atoms with E-state index in [1.165, 1.54) is 43.3 Å². The second kappa shape index (κ2) is 11.1. The molecular formula is C33H36ClNO4. The zero-order valence-electron chi connectivity index (χ0n) is 22.4. The third-order valence-electron chi connectivity index (χ3n) is 9.29. The van der Waals surface area contributed by atoms with Crippen LogP contribution in [0.3, 0.4) is 0 Å². The van der Waals surface area contributed by atoms with Gasteiger partial charge < -0.3 is 26.4 Å². The molecule has 5 nitrogen and oxygen atoms in total. The van der Waals surface area contributed by atoms with Crippen molar-refractivity contribution in [1.82, 2.24) is 0 Å². The molecule has 0 amide bonds. The van der Waals surface area contributed by atoms with Crippen molar-refractivity contribution in [2.45, 2.75) is 69.2 Å². The molecule has 0 saturated carbocycles. The van der Waals surface area contributed by atoms with Crippen LogP contribution >= 0.6 is 0 Å². The molecule has 2 unspecified atom stereocenters. The zero-order valence-corrected chi connectivity index (χ0v) is 23.2. The minimum Gasteiger partial charge on any atom is -1.00 e. The minimum atomic E-state index is -1.71. The fourth-order valence-electron chi connectivity index (χ4n) is 7.44. The molecule has 3 aromatic carbocycles. The first-order chi connectivity index (χ1) is 18.5. The highest BCUT2D eigenvalue weighted by Gasteiger charge is 2.57. The maximum absolute atomic E-state index is 14.4. The number of hydrogen-bond acceptors (Lipinski definition) is 4. The van der Waals surface area contributed by atoms with Crippen molar-refractivity contribution in [3.05, 3.63) is 107 Å². The highest BCUT2D eigenvalue weighted by molar-refractivity contribution is 5.95. The molecule has 3 heterocycles. The Morgan fingerprint density at radius 2 is 1.28 bits per heavy atom. The molecule has 0 aromatic heterocycles. The van der Waals surface area contributed by atoms with Gasteiger partial charge in [-0.15, -0.1) is 0 Å². The van der Waals surface area contributed by atoms with Crippen LogP contribution < -0.4 is 12.4 Å². The number of nitrogens with zero attached hydrogens (tertiary/aromatic N) is 1. The Balaban J connectivity index is 0.00000308. The predicted molar refractivity (Wildman–Crippen MR) is 145 cm³/mol. The first kappa shape index (κ1) is 27.4. The number of quaternary nitrogens is 1. The van der Waals surface area contributed by atoms with Crippen molar-refractivity contribution in [1.29, 1.82) is 0 Å². The number of ether oxygens (including phenoxy) is 2. The lowest BCUT2D eigenvalue weighted by Gasteiger charge is -2.47. The summed E-state index contributed by atoms with van der Waals surface area (Å²) in [6.45, 7) is 4.40. The lowest BCUT2D eigenvalue weighted by Crippen LogP contribution is -3.00. The lowest BCUT2D eigenvalue weighted by atomic mass is 9.85. The Bertz CT molecular complexity index is 1250. The zero-order chi connectivity index (χ0) is 26.2. The normalized spacial score (nSPS) is 23.2. The van der Waals surface area contributed by atoms with Crippen molar-refractivity contribution < 1.29 is 36.0 Å². The van der Waals surface area contributed by atoms with Gasteiger partial charge in [-0.1, -0.05) is 78.9 Å².